The van der Waals surface area contributed by atoms with Gasteiger partial charge >= 0.3 is 0 Å². The maximum atomic E-state index is 5.64. The minimum atomic E-state index is 0.702. The van der Waals surface area contributed by atoms with Crippen molar-refractivity contribution in [3.8, 4) is 0 Å². The van der Waals surface area contributed by atoms with Crippen molar-refractivity contribution in [2.75, 3.05) is 31.5 Å². The summed E-state index contributed by atoms with van der Waals surface area (Å²) in [5, 5.41) is 13.0. The molecule has 0 bridgehead atoms. The van der Waals surface area contributed by atoms with Crippen molar-refractivity contribution in [2.45, 2.75) is 33.5 Å². The molecule has 1 saturated heterocycles. The third kappa shape index (κ3) is 4.85. The van der Waals surface area contributed by atoms with Crippen LogP contribution in [0.2, 0.25) is 0 Å². The smallest absolute Gasteiger partial charge is 0.173 e. The van der Waals surface area contributed by atoms with Crippen LogP contribution in [-0.4, -0.2) is 65.6 Å². The molecule has 1 fully saturated rings. The third-order valence-corrected chi connectivity index (χ3v) is 5.87. The SMILES string of the molecule is CCn1ncc(Cn2cc(NC(=S)N3CCN(Cc4cccnc4)CC3)cn2)c1C. The summed E-state index contributed by atoms with van der Waals surface area (Å²) in [5.41, 5.74) is 4.53. The number of hydrogen-bond acceptors (Lipinski definition) is 5. The number of hydrogen-bond donors (Lipinski definition) is 1. The van der Waals surface area contributed by atoms with Gasteiger partial charge < -0.3 is 10.2 Å². The van der Waals surface area contributed by atoms with Gasteiger partial charge in [-0.05, 0) is 37.7 Å². The molecule has 0 aromatic carbocycles. The van der Waals surface area contributed by atoms with Gasteiger partial charge in [-0.15, -0.1) is 0 Å². The van der Waals surface area contributed by atoms with Crippen LogP contribution in [0.25, 0.3) is 0 Å². The Kier molecular flexibility index (Phi) is 6.39. The van der Waals surface area contributed by atoms with Gasteiger partial charge in [0.05, 0.1) is 24.6 Å². The second kappa shape index (κ2) is 9.36. The highest BCUT2D eigenvalue weighted by Crippen LogP contribution is 2.13. The topological polar surface area (TPSA) is 67.0 Å². The predicted molar refractivity (Wildman–Crippen MR) is 121 cm³/mol. The first-order valence-electron chi connectivity index (χ1n) is 10.3. The van der Waals surface area contributed by atoms with E-state index in [2.05, 4.69) is 50.2 Å². The summed E-state index contributed by atoms with van der Waals surface area (Å²) in [7, 11) is 0. The molecule has 30 heavy (non-hydrogen) atoms. The van der Waals surface area contributed by atoms with Crippen LogP contribution in [-0.2, 0) is 19.6 Å². The van der Waals surface area contributed by atoms with Crippen LogP contribution < -0.4 is 5.32 Å². The molecule has 0 unspecified atom stereocenters. The molecule has 0 aliphatic carbocycles. The minimum absolute atomic E-state index is 0.702. The monoisotopic (exact) mass is 424 g/mol. The lowest BCUT2D eigenvalue weighted by molar-refractivity contribution is 0.177. The van der Waals surface area contributed by atoms with Gasteiger partial charge in [-0.2, -0.15) is 10.2 Å². The van der Waals surface area contributed by atoms with Gasteiger partial charge in [-0.1, -0.05) is 6.07 Å². The zero-order chi connectivity index (χ0) is 20.9. The fraction of sp³-hybridized carbons (Fsp3) is 0.429. The lowest BCUT2D eigenvalue weighted by Gasteiger charge is -2.36. The van der Waals surface area contributed by atoms with Crippen molar-refractivity contribution in [3.63, 3.8) is 0 Å². The molecule has 4 heterocycles. The molecule has 3 aromatic rings. The summed E-state index contributed by atoms with van der Waals surface area (Å²) < 4.78 is 3.92. The molecule has 9 heteroatoms. The van der Waals surface area contributed by atoms with Gasteiger partial charge in [0.2, 0.25) is 0 Å². The molecular formula is C21H28N8S. The number of anilines is 1. The molecular weight excluding hydrogens is 396 g/mol. The molecule has 158 valence electrons. The van der Waals surface area contributed by atoms with Gasteiger partial charge in [0.25, 0.3) is 0 Å². The minimum Gasteiger partial charge on any atom is -0.346 e. The molecule has 0 radical (unpaired) electrons. The van der Waals surface area contributed by atoms with Gasteiger partial charge in [0.15, 0.2) is 5.11 Å². The zero-order valence-electron chi connectivity index (χ0n) is 17.5. The highest BCUT2D eigenvalue weighted by molar-refractivity contribution is 7.80. The Labute approximate surface area is 182 Å². The van der Waals surface area contributed by atoms with Gasteiger partial charge in [-0.3, -0.25) is 19.2 Å². The Morgan fingerprint density at radius 2 is 1.93 bits per heavy atom. The number of pyridine rings is 1. The second-order valence-electron chi connectivity index (χ2n) is 7.55. The van der Waals surface area contributed by atoms with Crippen molar-refractivity contribution in [2.24, 2.45) is 0 Å². The van der Waals surface area contributed by atoms with Crippen molar-refractivity contribution in [1.29, 1.82) is 0 Å². The van der Waals surface area contributed by atoms with Crippen LogP contribution >= 0.6 is 12.2 Å². The number of nitrogens with one attached hydrogen (secondary N) is 1. The molecule has 1 aliphatic heterocycles. The van der Waals surface area contributed by atoms with Crippen LogP contribution in [0.4, 0.5) is 5.69 Å². The molecule has 8 nitrogen and oxygen atoms in total. The second-order valence-corrected chi connectivity index (χ2v) is 7.94. The van der Waals surface area contributed by atoms with Gasteiger partial charge in [-0.25, -0.2) is 0 Å². The Bertz CT molecular complexity index is 972. The number of nitrogens with zero attached hydrogens (tertiary/aromatic N) is 7. The number of thiocarbonyl (C=S) groups is 1. The van der Waals surface area contributed by atoms with Crippen LogP contribution in [0, 0.1) is 6.92 Å². The number of aromatic nitrogens is 5. The summed E-state index contributed by atoms with van der Waals surface area (Å²) in [4.78, 5) is 8.86. The Balaban J connectivity index is 1.27. The highest BCUT2D eigenvalue weighted by atomic mass is 32.1. The number of aryl methyl sites for hydroxylation is 1. The van der Waals surface area contributed by atoms with Gasteiger partial charge in [0, 0.05) is 69.1 Å². The van der Waals surface area contributed by atoms with E-state index in [0.29, 0.717) is 6.54 Å². The van der Waals surface area contributed by atoms with E-state index in [1.165, 1.54) is 16.8 Å². The largest absolute Gasteiger partial charge is 0.346 e. The van der Waals surface area contributed by atoms with Crippen molar-refractivity contribution in [3.05, 3.63) is 59.9 Å². The van der Waals surface area contributed by atoms with E-state index >= 15 is 0 Å². The third-order valence-electron chi connectivity index (χ3n) is 5.51. The zero-order valence-corrected chi connectivity index (χ0v) is 18.3. The normalized spacial score (nSPS) is 14.8. The number of piperazine rings is 1. The molecule has 1 N–H and O–H groups in total. The first-order valence-corrected chi connectivity index (χ1v) is 10.7. The molecule has 1 aliphatic rings. The molecule has 4 rings (SSSR count). The summed E-state index contributed by atoms with van der Waals surface area (Å²) >= 11 is 5.64. The standard InChI is InChI=1S/C21H28N8S/c1-3-29-17(2)19(12-24-29)15-28-16-20(13-23-28)25-21(30)27-9-7-26(8-10-27)14-18-5-4-6-22-11-18/h4-6,11-13,16H,3,7-10,14-15H2,1-2H3,(H,25,30). The first kappa shape index (κ1) is 20.5. The predicted octanol–water partition coefficient (Wildman–Crippen LogP) is 2.37. The summed E-state index contributed by atoms with van der Waals surface area (Å²) in [5.74, 6) is 0. The molecule has 0 saturated carbocycles. The fourth-order valence-corrected chi connectivity index (χ4v) is 4.01. The fourth-order valence-electron chi connectivity index (χ4n) is 3.71. The summed E-state index contributed by atoms with van der Waals surface area (Å²) in [6.45, 7) is 10.5. The Morgan fingerprint density at radius 1 is 1.10 bits per heavy atom. The van der Waals surface area contributed by atoms with E-state index in [-0.39, 0.29) is 0 Å². The quantitative estimate of drug-likeness (QED) is 0.610. The highest BCUT2D eigenvalue weighted by Gasteiger charge is 2.19. The van der Waals surface area contributed by atoms with Gasteiger partial charge in [0.1, 0.15) is 0 Å². The molecule has 0 atom stereocenters. The van der Waals surface area contributed by atoms with E-state index in [1.807, 2.05) is 46.4 Å². The average Bonchev–Trinajstić information content (AvgIpc) is 3.35. The molecule has 3 aromatic heterocycles. The Hall–Kier alpha value is -2.78. The van der Waals surface area contributed by atoms with Crippen LogP contribution in [0.15, 0.2) is 43.1 Å². The van der Waals surface area contributed by atoms with Crippen LogP contribution in [0.1, 0.15) is 23.7 Å². The van der Waals surface area contributed by atoms with E-state index in [1.54, 1.807) is 0 Å². The summed E-state index contributed by atoms with van der Waals surface area (Å²) in [6, 6.07) is 4.11. The van der Waals surface area contributed by atoms with E-state index in [9.17, 15) is 0 Å². The van der Waals surface area contributed by atoms with Crippen molar-refractivity contribution < 1.29 is 0 Å². The maximum Gasteiger partial charge on any atom is 0.173 e. The van der Waals surface area contributed by atoms with Crippen molar-refractivity contribution in [1.82, 2.24) is 34.3 Å². The lowest BCUT2D eigenvalue weighted by atomic mass is 10.2. The lowest BCUT2D eigenvalue weighted by Crippen LogP contribution is -2.49. The van der Waals surface area contributed by atoms with E-state index in [4.69, 9.17) is 12.2 Å². The number of rotatable bonds is 6. The van der Waals surface area contributed by atoms with Crippen LogP contribution in [0.3, 0.4) is 0 Å². The van der Waals surface area contributed by atoms with E-state index in [0.717, 1.165) is 50.1 Å². The summed E-state index contributed by atoms with van der Waals surface area (Å²) in [6.07, 6.45) is 9.49. The average molecular weight is 425 g/mol. The molecule has 0 amide bonds. The molecule has 0 spiro atoms. The van der Waals surface area contributed by atoms with E-state index < -0.39 is 0 Å². The first-order chi connectivity index (χ1) is 14.6. The van der Waals surface area contributed by atoms with Crippen LogP contribution in [0.5, 0.6) is 0 Å². The Morgan fingerprint density at radius 3 is 2.63 bits per heavy atom. The maximum absolute atomic E-state index is 5.64. The van der Waals surface area contributed by atoms with Crippen molar-refractivity contribution >= 4 is 23.0 Å².